The van der Waals surface area contributed by atoms with Gasteiger partial charge in [-0.2, -0.15) is 10.2 Å². The van der Waals surface area contributed by atoms with E-state index in [-0.39, 0.29) is 5.75 Å². The third-order valence-electron chi connectivity index (χ3n) is 2.98. The maximum Gasteiger partial charge on any atom is 0.126 e. The van der Waals surface area contributed by atoms with Gasteiger partial charge >= 0.3 is 0 Å². The number of nitrogens with zero attached hydrogens (tertiary/aromatic N) is 2. The van der Waals surface area contributed by atoms with E-state index in [9.17, 15) is 5.11 Å². The summed E-state index contributed by atoms with van der Waals surface area (Å²) in [6.45, 7) is 0. The topological polar surface area (TPSA) is 104 Å². The Labute approximate surface area is 114 Å². The lowest BCUT2D eigenvalue weighted by molar-refractivity contribution is 0.481. The van der Waals surface area contributed by atoms with Crippen molar-refractivity contribution >= 4 is 27.5 Å². The second-order valence-electron chi connectivity index (χ2n) is 4.29. The molecule has 2 aromatic heterocycles. The monoisotopic (exact) mass is 267 g/mol. The Morgan fingerprint density at radius 1 is 0.850 bits per heavy atom. The molecule has 0 saturated carbocycles. The van der Waals surface area contributed by atoms with Gasteiger partial charge in [0.1, 0.15) is 5.75 Å². The molecule has 0 aliphatic rings. The molecule has 4 rings (SSSR count). The van der Waals surface area contributed by atoms with Crippen molar-refractivity contribution in [3.63, 3.8) is 0 Å². The van der Waals surface area contributed by atoms with E-state index in [4.69, 9.17) is 5.73 Å². The molecule has 0 spiro atoms. The second kappa shape index (κ2) is 4.93. The number of phenolic OH excluding ortho intramolecular Hbond substituents is 1. The van der Waals surface area contributed by atoms with Crippen molar-refractivity contribution in [3.05, 3.63) is 48.8 Å². The van der Waals surface area contributed by atoms with Gasteiger partial charge in [-0.3, -0.25) is 10.2 Å². The summed E-state index contributed by atoms with van der Waals surface area (Å²) in [6.07, 6.45) is 3.33. The summed E-state index contributed by atoms with van der Waals surface area (Å²) in [5, 5.41) is 24.2. The Kier molecular flexibility index (Phi) is 2.96. The van der Waals surface area contributed by atoms with E-state index >= 15 is 0 Å². The molecule has 5 N–H and O–H groups in total. The van der Waals surface area contributed by atoms with Crippen LogP contribution >= 0.6 is 0 Å². The van der Waals surface area contributed by atoms with Gasteiger partial charge in [0.25, 0.3) is 0 Å². The van der Waals surface area contributed by atoms with Gasteiger partial charge < -0.3 is 10.8 Å². The molecule has 0 saturated heterocycles. The van der Waals surface area contributed by atoms with Crippen molar-refractivity contribution in [2.24, 2.45) is 0 Å². The highest BCUT2D eigenvalue weighted by molar-refractivity contribution is 5.89. The smallest absolute Gasteiger partial charge is 0.126 e. The first-order valence-corrected chi connectivity index (χ1v) is 6.04. The standard InChI is InChI=1S/C7H7N3.C7H6N2O/c8-6-2-1-3-7-5(6)4-9-10-7;10-7-3-1-2-6-5(7)4-8-9-6/h1-4H,8H2,(H,9,10);1-4,10H,(H,8,9). The number of H-pyrrole nitrogens is 2. The molecule has 6 nitrogen and oxygen atoms in total. The SMILES string of the molecule is Nc1cccc2[nH]ncc12.Oc1cccc2[nH]ncc12. The molecule has 20 heavy (non-hydrogen) atoms. The molecule has 2 heterocycles. The molecule has 0 amide bonds. The first-order valence-electron chi connectivity index (χ1n) is 6.04. The Hall–Kier alpha value is -3.02. The van der Waals surface area contributed by atoms with Crippen LogP contribution in [0.2, 0.25) is 0 Å². The van der Waals surface area contributed by atoms with Crippen LogP contribution in [0.25, 0.3) is 21.8 Å². The largest absolute Gasteiger partial charge is 0.507 e. The van der Waals surface area contributed by atoms with E-state index in [1.807, 2.05) is 24.3 Å². The van der Waals surface area contributed by atoms with Crippen LogP contribution in [0.1, 0.15) is 0 Å². The summed E-state index contributed by atoms with van der Waals surface area (Å²) in [7, 11) is 0. The number of aromatic nitrogens is 4. The summed E-state index contributed by atoms with van der Waals surface area (Å²) in [5.74, 6) is 0.270. The maximum atomic E-state index is 9.20. The fourth-order valence-corrected chi connectivity index (χ4v) is 1.94. The van der Waals surface area contributed by atoms with E-state index in [0.29, 0.717) is 0 Å². The average molecular weight is 267 g/mol. The number of nitrogens with two attached hydrogens (primary N) is 1. The van der Waals surface area contributed by atoms with Crippen LogP contribution in [0.3, 0.4) is 0 Å². The molecule has 4 aromatic rings. The van der Waals surface area contributed by atoms with Gasteiger partial charge in [0.05, 0.1) is 28.8 Å². The lowest BCUT2D eigenvalue weighted by Crippen LogP contribution is -1.82. The van der Waals surface area contributed by atoms with Crippen LogP contribution in [0.15, 0.2) is 48.8 Å². The summed E-state index contributed by atoms with van der Waals surface area (Å²) in [4.78, 5) is 0. The van der Waals surface area contributed by atoms with Crippen LogP contribution in [-0.2, 0) is 0 Å². The minimum Gasteiger partial charge on any atom is -0.507 e. The number of benzene rings is 2. The zero-order chi connectivity index (χ0) is 13.9. The van der Waals surface area contributed by atoms with E-state index in [1.165, 1.54) is 0 Å². The third kappa shape index (κ3) is 2.14. The molecule has 0 unspecified atom stereocenters. The zero-order valence-corrected chi connectivity index (χ0v) is 10.5. The van der Waals surface area contributed by atoms with E-state index < -0.39 is 0 Å². The maximum absolute atomic E-state index is 9.20. The predicted molar refractivity (Wildman–Crippen MR) is 78.3 cm³/mol. The van der Waals surface area contributed by atoms with Gasteiger partial charge in [0, 0.05) is 11.1 Å². The van der Waals surface area contributed by atoms with Crippen LogP contribution in [-0.4, -0.2) is 25.5 Å². The number of anilines is 1. The van der Waals surface area contributed by atoms with Crippen molar-refractivity contribution in [1.82, 2.24) is 20.4 Å². The molecule has 0 aliphatic heterocycles. The zero-order valence-electron chi connectivity index (χ0n) is 10.5. The molecule has 0 bridgehead atoms. The van der Waals surface area contributed by atoms with Crippen LogP contribution in [0.5, 0.6) is 5.75 Å². The molecule has 0 fully saturated rings. The van der Waals surface area contributed by atoms with Crippen LogP contribution < -0.4 is 5.73 Å². The van der Waals surface area contributed by atoms with Gasteiger partial charge in [-0.05, 0) is 24.3 Å². The van der Waals surface area contributed by atoms with E-state index in [1.54, 1.807) is 24.5 Å². The van der Waals surface area contributed by atoms with E-state index in [0.717, 1.165) is 27.5 Å². The van der Waals surface area contributed by atoms with Crippen molar-refractivity contribution < 1.29 is 5.11 Å². The first kappa shape index (κ1) is 12.0. The fourth-order valence-electron chi connectivity index (χ4n) is 1.94. The third-order valence-corrected chi connectivity index (χ3v) is 2.98. The minimum atomic E-state index is 0.270. The highest BCUT2D eigenvalue weighted by Gasteiger charge is 1.97. The number of hydrogen-bond donors (Lipinski definition) is 4. The van der Waals surface area contributed by atoms with Crippen LogP contribution in [0.4, 0.5) is 5.69 Å². The summed E-state index contributed by atoms with van der Waals surface area (Å²) in [5.41, 5.74) is 8.26. The molecule has 0 radical (unpaired) electrons. The minimum absolute atomic E-state index is 0.270. The van der Waals surface area contributed by atoms with Crippen molar-refractivity contribution in [3.8, 4) is 5.75 Å². The van der Waals surface area contributed by atoms with Crippen LogP contribution in [0, 0.1) is 0 Å². The Morgan fingerprint density at radius 2 is 1.45 bits per heavy atom. The Balaban J connectivity index is 0.000000121. The Bertz CT molecular complexity index is 777. The van der Waals surface area contributed by atoms with Gasteiger partial charge in [-0.25, -0.2) is 0 Å². The number of nitrogen functional groups attached to an aromatic ring is 1. The van der Waals surface area contributed by atoms with Gasteiger partial charge in [0.2, 0.25) is 0 Å². The molecule has 100 valence electrons. The quantitative estimate of drug-likeness (QED) is 0.367. The normalized spacial score (nSPS) is 10.4. The summed E-state index contributed by atoms with van der Waals surface area (Å²) < 4.78 is 0. The van der Waals surface area contributed by atoms with Gasteiger partial charge in [-0.15, -0.1) is 0 Å². The highest BCUT2D eigenvalue weighted by Crippen LogP contribution is 2.20. The number of phenols is 1. The lowest BCUT2D eigenvalue weighted by Gasteiger charge is -1.91. The summed E-state index contributed by atoms with van der Waals surface area (Å²) in [6, 6.07) is 11.0. The van der Waals surface area contributed by atoms with Gasteiger partial charge in [0.15, 0.2) is 0 Å². The molecule has 0 atom stereocenters. The number of aromatic amines is 2. The molecule has 2 aromatic carbocycles. The van der Waals surface area contributed by atoms with Crippen molar-refractivity contribution in [2.75, 3.05) is 5.73 Å². The molecular weight excluding hydrogens is 254 g/mol. The second-order valence-corrected chi connectivity index (χ2v) is 4.29. The number of fused-ring (bicyclic) bond motifs is 2. The average Bonchev–Trinajstić information content (AvgIpc) is 3.08. The van der Waals surface area contributed by atoms with Crippen molar-refractivity contribution in [2.45, 2.75) is 0 Å². The van der Waals surface area contributed by atoms with Crippen molar-refractivity contribution in [1.29, 1.82) is 0 Å². The van der Waals surface area contributed by atoms with E-state index in [2.05, 4.69) is 20.4 Å². The number of aromatic hydroxyl groups is 1. The molecule has 0 aliphatic carbocycles. The predicted octanol–water partition coefficient (Wildman–Crippen LogP) is 2.41. The lowest BCUT2D eigenvalue weighted by atomic mass is 10.2. The number of rotatable bonds is 0. The summed E-state index contributed by atoms with van der Waals surface area (Å²) >= 11 is 0. The molecule has 6 heteroatoms. The highest BCUT2D eigenvalue weighted by atomic mass is 16.3. The van der Waals surface area contributed by atoms with Gasteiger partial charge in [-0.1, -0.05) is 12.1 Å². The number of nitrogens with one attached hydrogen (secondary N) is 2. The first-order chi connectivity index (χ1) is 9.75. The Morgan fingerprint density at radius 3 is 2.10 bits per heavy atom. The fraction of sp³-hybridized carbons (Fsp3) is 0. The number of hydrogen-bond acceptors (Lipinski definition) is 4. The molecular formula is C14H13N5O.